The number of aromatic nitrogens is 1. The molecule has 0 aliphatic carbocycles. The molecule has 3 rings (SSSR count). The predicted molar refractivity (Wildman–Crippen MR) is 98.0 cm³/mol. The predicted octanol–water partition coefficient (Wildman–Crippen LogP) is 2.05. The average Bonchev–Trinajstić information content (AvgIpc) is 3.26. The highest BCUT2D eigenvalue weighted by Crippen LogP contribution is 2.25. The van der Waals surface area contributed by atoms with Crippen molar-refractivity contribution in [3.8, 4) is 0 Å². The molecule has 6 nitrogen and oxygen atoms in total. The highest BCUT2D eigenvalue weighted by Gasteiger charge is 2.25. The van der Waals surface area contributed by atoms with E-state index < -0.39 is 0 Å². The number of hydrogen-bond acceptors (Lipinski definition) is 4. The number of guanidine groups is 1. The highest BCUT2D eigenvalue weighted by molar-refractivity contribution is 6.32. The zero-order valence-corrected chi connectivity index (χ0v) is 14.9. The van der Waals surface area contributed by atoms with Gasteiger partial charge in [-0.1, -0.05) is 11.6 Å². The van der Waals surface area contributed by atoms with Crippen LogP contribution in [0.15, 0.2) is 23.3 Å². The molecular formula is C17H26ClN5O. The van der Waals surface area contributed by atoms with Crippen LogP contribution in [-0.4, -0.2) is 56.4 Å². The molecule has 2 saturated heterocycles. The van der Waals surface area contributed by atoms with Gasteiger partial charge in [-0.05, 0) is 37.8 Å². The van der Waals surface area contributed by atoms with Gasteiger partial charge in [0.25, 0.3) is 0 Å². The lowest BCUT2D eigenvalue weighted by atomic mass is 10.2. The minimum Gasteiger partial charge on any atom is -0.378 e. The number of nitrogens with zero attached hydrogens (tertiary/aromatic N) is 3. The van der Waals surface area contributed by atoms with Crippen molar-refractivity contribution in [3.05, 3.63) is 23.4 Å². The van der Waals surface area contributed by atoms with Gasteiger partial charge in [0.05, 0.1) is 11.1 Å². The van der Waals surface area contributed by atoms with Crippen LogP contribution in [0.25, 0.3) is 0 Å². The van der Waals surface area contributed by atoms with E-state index in [0.717, 1.165) is 50.9 Å². The second-order valence-corrected chi connectivity index (χ2v) is 6.71. The molecule has 2 aliphatic heterocycles. The van der Waals surface area contributed by atoms with E-state index in [1.807, 2.05) is 19.2 Å². The third-order valence-corrected chi connectivity index (χ3v) is 4.87. The Morgan fingerprint density at radius 1 is 1.50 bits per heavy atom. The minimum absolute atomic E-state index is 0.344. The summed E-state index contributed by atoms with van der Waals surface area (Å²) in [6.07, 6.45) is 6.62. The van der Waals surface area contributed by atoms with Crippen LogP contribution in [0.1, 0.15) is 25.7 Å². The molecule has 2 N–H and O–H groups in total. The summed E-state index contributed by atoms with van der Waals surface area (Å²) in [5.74, 6) is 1.72. The Labute approximate surface area is 148 Å². The number of nitrogens with one attached hydrogen (secondary N) is 2. The normalized spacial score (nSPS) is 24.4. The summed E-state index contributed by atoms with van der Waals surface area (Å²) in [4.78, 5) is 10.9. The molecule has 3 heterocycles. The quantitative estimate of drug-likeness (QED) is 0.628. The Morgan fingerprint density at radius 3 is 3.17 bits per heavy atom. The summed E-state index contributed by atoms with van der Waals surface area (Å²) in [6, 6.07) is 4.09. The Kier molecular flexibility index (Phi) is 6.15. The largest absolute Gasteiger partial charge is 0.378 e. The highest BCUT2D eigenvalue weighted by atomic mass is 35.5. The van der Waals surface area contributed by atoms with E-state index in [-0.39, 0.29) is 0 Å². The third-order valence-electron chi connectivity index (χ3n) is 4.57. The number of anilines is 1. The third kappa shape index (κ3) is 4.51. The molecule has 1 aromatic heterocycles. The average molecular weight is 352 g/mol. The van der Waals surface area contributed by atoms with Crippen molar-refractivity contribution in [2.45, 2.75) is 37.8 Å². The van der Waals surface area contributed by atoms with E-state index >= 15 is 0 Å². The molecule has 0 bridgehead atoms. The minimum atomic E-state index is 0.344. The van der Waals surface area contributed by atoms with Gasteiger partial charge in [-0.25, -0.2) is 4.98 Å². The van der Waals surface area contributed by atoms with Gasteiger partial charge in [-0.2, -0.15) is 0 Å². The maximum Gasteiger partial charge on any atom is 0.191 e. The summed E-state index contributed by atoms with van der Waals surface area (Å²) in [5.41, 5.74) is 0. The van der Waals surface area contributed by atoms with E-state index in [2.05, 4.69) is 25.5 Å². The lowest BCUT2D eigenvalue weighted by Crippen LogP contribution is -2.45. The van der Waals surface area contributed by atoms with E-state index in [1.165, 1.54) is 12.8 Å². The number of halogens is 1. The Morgan fingerprint density at radius 2 is 2.42 bits per heavy atom. The summed E-state index contributed by atoms with van der Waals surface area (Å²) in [6.45, 7) is 3.61. The fourth-order valence-electron chi connectivity index (χ4n) is 3.29. The molecule has 24 heavy (non-hydrogen) atoms. The van der Waals surface area contributed by atoms with Gasteiger partial charge in [0.2, 0.25) is 0 Å². The first-order valence-electron chi connectivity index (χ1n) is 8.70. The van der Waals surface area contributed by atoms with Crippen LogP contribution in [0.2, 0.25) is 5.02 Å². The molecule has 0 aromatic carbocycles. The van der Waals surface area contributed by atoms with Crippen molar-refractivity contribution >= 4 is 23.4 Å². The van der Waals surface area contributed by atoms with Crippen LogP contribution in [0, 0.1) is 0 Å². The van der Waals surface area contributed by atoms with Gasteiger partial charge in [-0.15, -0.1) is 0 Å². The molecule has 2 atom stereocenters. The lowest BCUT2D eigenvalue weighted by Gasteiger charge is -2.20. The summed E-state index contributed by atoms with van der Waals surface area (Å²) in [5, 5.41) is 7.59. The Bertz CT molecular complexity index is 562. The van der Waals surface area contributed by atoms with E-state index in [0.29, 0.717) is 17.2 Å². The topological polar surface area (TPSA) is 61.8 Å². The van der Waals surface area contributed by atoms with Crippen molar-refractivity contribution < 1.29 is 4.74 Å². The van der Waals surface area contributed by atoms with Gasteiger partial charge >= 0.3 is 0 Å². The second-order valence-electron chi connectivity index (χ2n) is 6.31. The van der Waals surface area contributed by atoms with Crippen LogP contribution in [0.3, 0.4) is 0 Å². The van der Waals surface area contributed by atoms with Crippen LogP contribution in [0.4, 0.5) is 5.82 Å². The van der Waals surface area contributed by atoms with Gasteiger partial charge in [-0.3, -0.25) is 4.99 Å². The zero-order chi connectivity index (χ0) is 16.8. The molecule has 0 spiro atoms. The SMILES string of the molecule is CN=C(NCCC1CCCO1)NC1CCN(c2ncccc2Cl)C1. The zero-order valence-electron chi connectivity index (χ0n) is 14.2. The molecule has 0 saturated carbocycles. The Hall–Kier alpha value is -1.53. The molecule has 0 amide bonds. The molecule has 0 radical (unpaired) electrons. The number of aliphatic imine (C=N–C) groups is 1. The second kappa shape index (κ2) is 8.53. The molecule has 1 aromatic rings. The fraction of sp³-hybridized carbons (Fsp3) is 0.647. The van der Waals surface area contributed by atoms with E-state index in [9.17, 15) is 0 Å². The molecule has 132 valence electrons. The molecular weight excluding hydrogens is 326 g/mol. The number of ether oxygens (including phenoxy) is 1. The van der Waals surface area contributed by atoms with Crippen LogP contribution >= 0.6 is 11.6 Å². The van der Waals surface area contributed by atoms with Crippen molar-refractivity contribution in [1.29, 1.82) is 0 Å². The Balaban J connectivity index is 1.44. The van der Waals surface area contributed by atoms with E-state index in [1.54, 1.807) is 6.20 Å². The standard InChI is InChI=1S/C17H26ClN5O/c1-19-17(21-9-6-14-4-3-11-24-14)22-13-7-10-23(12-13)16-15(18)5-2-8-20-16/h2,5,8,13-14H,3-4,6-7,9-12H2,1H3,(H2,19,21,22). The van der Waals surface area contributed by atoms with Gasteiger partial charge in [0.15, 0.2) is 5.96 Å². The summed E-state index contributed by atoms with van der Waals surface area (Å²) in [7, 11) is 1.81. The first-order chi connectivity index (χ1) is 11.8. The fourth-order valence-corrected chi connectivity index (χ4v) is 3.53. The summed E-state index contributed by atoms with van der Waals surface area (Å²) < 4.78 is 5.65. The smallest absolute Gasteiger partial charge is 0.191 e. The maximum atomic E-state index is 6.24. The number of rotatable bonds is 5. The first-order valence-corrected chi connectivity index (χ1v) is 9.08. The monoisotopic (exact) mass is 351 g/mol. The number of pyridine rings is 1. The molecule has 2 aliphatic rings. The first kappa shape index (κ1) is 17.3. The maximum absolute atomic E-state index is 6.24. The summed E-state index contributed by atoms with van der Waals surface area (Å²) >= 11 is 6.24. The molecule has 2 unspecified atom stereocenters. The number of hydrogen-bond donors (Lipinski definition) is 2. The van der Waals surface area contributed by atoms with E-state index in [4.69, 9.17) is 16.3 Å². The van der Waals surface area contributed by atoms with Crippen molar-refractivity contribution in [1.82, 2.24) is 15.6 Å². The molecule has 7 heteroatoms. The van der Waals surface area contributed by atoms with Crippen LogP contribution in [-0.2, 0) is 4.74 Å². The van der Waals surface area contributed by atoms with Gasteiger partial charge < -0.3 is 20.3 Å². The van der Waals surface area contributed by atoms with Gasteiger partial charge in [0, 0.05) is 45.5 Å². The van der Waals surface area contributed by atoms with Gasteiger partial charge in [0.1, 0.15) is 5.82 Å². The van der Waals surface area contributed by atoms with Crippen LogP contribution in [0.5, 0.6) is 0 Å². The molecule has 2 fully saturated rings. The van der Waals surface area contributed by atoms with Crippen LogP contribution < -0.4 is 15.5 Å². The van der Waals surface area contributed by atoms with Crippen molar-refractivity contribution in [2.24, 2.45) is 4.99 Å². The van der Waals surface area contributed by atoms with Crippen molar-refractivity contribution in [3.63, 3.8) is 0 Å². The lowest BCUT2D eigenvalue weighted by molar-refractivity contribution is 0.105. The van der Waals surface area contributed by atoms with Crippen molar-refractivity contribution in [2.75, 3.05) is 38.2 Å².